The molecule has 1 aromatic rings. The fourth-order valence-electron chi connectivity index (χ4n) is 2.12. The van der Waals surface area contributed by atoms with Crippen LogP contribution in [-0.4, -0.2) is 21.9 Å². The topological polar surface area (TPSA) is 53.1 Å². The molecule has 1 aliphatic carbocycles. The molecule has 0 radical (unpaired) electrons. The summed E-state index contributed by atoms with van der Waals surface area (Å²) in [5, 5.41) is 4.23. The lowest BCUT2D eigenvalue weighted by atomic mass is 9.94. The summed E-state index contributed by atoms with van der Waals surface area (Å²) in [7, 11) is 0. The van der Waals surface area contributed by atoms with Gasteiger partial charge in [-0.05, 0) is 32.6 Å². The van der Waals surface area contributed by atoms with E-state index in [2.05, 4.69) is 18.2 Å². The van der Waals surface area contributed by atoms with Crippen molar-refractivity contribution in [2.24, 2.45) is 5.73 Å². The third-order valence-corrected chi connectivity index (χ3v) is 3.22. The molecule has 1 saturated carbocycles. The molecule has 0 unspecified atom stereocenters. The molecule has 1 aromatic heterocycles. The average Bonchev–Trinajstić information content (AvgIpc) is 2.76. The molecule has 2 N–H and O–H groups in total. The molecule has 0 aromatic carbocycles. The summed E-state index contributed by atoms with van der Waals surface area (Å²) in [6, 6.07) is 0.391. The quantitative estimate of drug-likeness (QED) is 0.845. The minimum atomic E-state index is 0.391. The van der Waals surface area contributed by atoms with Crippen molar-refractivity contribution in [3.63, 3.8) is 0 Å². The standard InChI is InChI=1S/C12H21N3O/c1-2-15-8-10(7-14-15)9-16-12-5-3-11(13)4-6-12/h7-8,11-12H,2-6,9,13H2,1H3. The second-order valence-electron chi connectivity index (χ2n) is 4.55. The van der Waals surface area contributed by atoms with Gasteiger partial charge in [-0.1, -0.05) is 0 Å². The number of hydrogen-bond acceptors (Lipinski definition) is 3. The van der Waals surface area contributed by atoms with Gasteiger partial charge in [0.1, 0.15) is 0 Å². The predicted molar refractivity (Wildman–Crippen MR) is 62.9 cm³/mol. The number of ether oxygens (including phenoxy) is 1. The van der Waals surface area contributed by atoms with Crippen LogP contribution in [0.4, 0.5) is 0 Å². The largest absolute Gasteiger partial charge is 0.373 e. The zero-order chi connectivity index (χ0) is 11.4. The first-order valence-electron chi connectivity index (χ1n) is 6.16. The van der Waals surface area contributed by atoms with E-state index in [0.29, 0.717) is 18.8 Å². The van der Waals surface area contributed by atoms with Gasteiger partial charge in [-0.25, -0.2) is 0 Å². The van der Waals surface area contributed by atoms with Gasteiger partial charge >= 0.3 is 0 Å². The summed E-state index contributed by atoms with van der Waals surface area (Å²) < 4.78 is 7.79. The minimum Gasteiger partial charge on any atom is -0.373 e. The van der Waals surface area contributed by atoms with Gasteiger partial charge in [0.05, 0.1) is 18.9 Å². The van der Waals surface area contributed by atoms with Crippen molar-refractivity contribution >= 4 is 0 Å². The first kappa shape index (κ1) is 11.6. The van der Waals surface area contributed by atoms with Crippen molar-refractivity contribution in [1.82, 2.24) is 9.78 Å². The van der Waals surface area contributed by atoms with E-state index in [4.69, 9.17) is 10.5 Å². The normalized spacial score (nSPS) is 25.9. The second-order valence-corrected chi connectivity index (χ2v) is 4.55. The van der Waals surface area contributed by atoms with Crippen molar-refractivity contribution in [3.8, 4) is 0 Å². The van der Waals surface area contributed by atoms with Crippen molar-refractivity contribution in [3.05, 3.63) is 18.0 Å². The monoisotopic (exact) mass is 223 g/mol. The Morgan fingerprint density at radius 1 is 1.44 bits per heavy atom. The van der Waals surface area contributed by atoms with E-state index in [1.807, 2.05) is 10.9 Å². The number of nitrogens with zero attached hydrogens (tertiary/aromatic N) is 2. The van der Waals surface area contributed by atoms with Crippen molar-refractivity contribution in [2.45, 2.75) is 57.9 Å². The van der Waals surface area contributed by atoms with E-state index >= 15 is 0 Å². The fourth-order valence-corrected chi connectivity index (χ4v) is 2.12. The molecule has 0 spiro atoms. The summed E-state index contributed by atoms with van der Waals surface area (Å²) in [6.45, 7) is 3.68. The van der Waals surface area contributed by atoms with Crippen LogP contribution in [0.3, 0.4) is 0 Å². The van der Waals surface area contributed by atoms with Crippen LogP contribution >= 0.6 is 0 Å². The summed E-state index contributed by atoms with van der Waals surface area (Å²) in [6.07, 6.45) is 8.72. The van der Waals surface area contributed by atoms with Gasteiger partial charge in [0.2, 0.25) is 0 Å². The Kier molecular flexibility index (Phi) is 3.96. The summed E-state index contributed by atoms with van der Waals surface area (Å²) in [4.78, 5) is 0. The number of rotatable bonds is 4. The van der Waals surface area contributed by atoms with Crippen molar-refractivity contribution < 1.29 is 4.74 Å². The van der Waals surface area contributed by atoms with E-state index in [0.717, 1.165) is 37.8 Å². The molecule has 16 heavy (non-hydrogen) atoms. The van der Waals surface area contributed by atoms with Gasteiger partial charge in [-0.2, -0.15) is 5.10 Å². The van der Waals surface area contributed by atoms with Crippen molar-refractivity contribution in [1.29, 1.82) is 0 Å². The van der Waals surface area contributed by atoms with E-state index in [-0.39, 0.29) is 0 Å². The maximum absolute atomic E-state index is 5.87. The van der Waals surface area contributed by atoms with Gasteiger partial charge < -0.3 is 10.5 Å². The third kappa shape index (κ3) is 3.06. The van der Waals surface area contributed by atoms with E-state index in [1.54, 1.807) is 0 Å². The van der Waals surface area contributed by atoms with Crippen LogP contribution in [0.5, 0.6) is 0 Å². The van der Waals surface area contributed by atoms with Crippen LogP contribution < -0.4 is 5.73 Å². The number of aromatic nitrogens is 2. The molecule has 0 saturated heterocycles. The molecule has 2 rings (SSSR count). The van der Waals surface area contributed by atoms with Crippen LogP contribution in [0.1, 0.15) is 38.2 Å². The highest BCUT2D eigenvalue weighted by molar-refractivity contribution is 5.01. The summed E-state index contributed by atoms with van der Waals surface area (Å²) in [5.41, 5.74) is 7.02. The van der Waals surface area contributed by atoms with E-state index in [1.165, 1.54) is 0 Å². The van der Waals surface area contributed by atoms with Crippen LogP contribution in [0.15, 0.2) is 12.4 Å². The Hall–Kier alpha value is -0.870. The van der Waals surface area contributed by atoms with Crippen LogP contribution in [0.25, 0.3) is 0 Å². The zero-order valence-corrected chi connectivity index (χ0v) is 9.93. The van der Waals surface area contributed by atoms with Gasteiger partial charge in [0.25, 0.3) is 0 Å². The molecule has 90 valence electrons. The highest BCUT2D eigenvalue weighted by Crippen LogP contribution is 2.20. The second kappa shape index (κ2) is 5.46. The van der Waals surface area contributed by atoms with E-state index < -0.39 is 0 Å². The molecule has 1 aliphatic rings. The summed E-state index contributed by atoms with van der Waals surface area (Å²) >= 11 is 0. The Balaban J connectivity index is 1.74. The highest BCUT2D eigenvalue weighted by Gasteiger charge is 2.18. The molecule has 0 bridgehead atoms. The molecule has 1 fully saturated rings. The van der Waals surface area contributed by atoms with Gasteiger partial charge in [0.15, 0.2) is 0 Å². The zero-order valence-electron chi connectivity index (χ0n) is 9.93. The Bertz CT molecular complexity index is 316. The lowest BCUT2D eigenvalue weighted by Crippen LogP contribution is -2.30. The van der Waals surface area contributed by atoms with Gasteiger partial charge in [0, 0.05) is 24.3 Å². The van der Waals surface area contributed by atoms with Crippen molar-refractivity contribution in [2.75, 3.05) is 0 Å². The maximum atomic E-state index is 5.87. The number of aryl methyl sites for hydroxylation is 1. The molecule has 1 heterocycles. The molecular weight excluding hydrogens is 202 g/mol. The first-order chi connectivity index (χ1) is 7.78. The predicted octanol–water partition coefficient (Wildman–Crippen LogP) is 1.69. The smallest absolute Gasteiger partial charge is 0.0751 e. The molecule has 0 aliphatic heterocycles. The lowest BCUT2D eigenvalue weighted by Gasteiger charge is -2.25. The molecule has 4 nitrogen and oxygen atoms in total. The minimum absolute atomic E-state index is 0.391. The summed E-state index contributed by atoms with van der Waals surface area (Å²) in [5.74, 6) is 0. The lowest BCUT2D eigenvalue weighted by molar-refractivity contribution is 0.0138. The third-order valence-electron chi connectivity index (χ3n) is 3.22. The van der Waals surface area contributed by atoms with E-state index in [9.17, 15) is 0 Å². The van der Waals surface area contributed by atoms with Gasteiger partial charge in [-0.3, -0.25) is 4.68 Å². The first-order valence-corrected chi connectivity index (χ1v) is 6.16. The Morgan fingerprint density at radius 3 is 2.81 bits per heavy atom. The maximum Gasteiger partial charge on any atom is 0.0751 e. The number of nitrogens with two attached hydrogens (primary N) is 1. The Labute approximate surface area is 96.8 Å². The molecule has 0 amide bonds. The molecular formula is C12H21N3O. The van der Waals surface area contributed by atoms with Crippen LogP contribution in [0, 0.1) is 0 Å². The van der Waals surface area contributed by atoms with Gasteiger partial charge in [-0.15, -0.1) is 0 Å². The van der Waals surface area contributed by atoms with Crippen LogP contribution in [-0.2, 0) is 17.9 Å². The molecule has 0 atom stereocenters. The fraction of sp³-hybridized carbons (Fsp3) is 0.750. The average molecular weight is 223 g/mol. The Morgan fingerprint density at radius 2 is 2.19 bits per heavy atom. The molecule has 4 heteroatoms. The number of hydrogen-bond donors (Lipinski definition) is 1. The SMILES string of the molecule is CCn1cc(COC2CCC(N)CC2)cn1. The van der Waals surface area contributed by atoms with Crippen LogP contribution in [0.2, 0.25) is 0 Å². The highest BCUT2D eigenvalue weighted by atomic mass is 16.5.